The largest absolute Gasteiger partial charge is 0.371 e. The second kappa shape index (κ2) is 5.03. The summed E-state index contributed by atoms with van der Waals surface area (Å²) in [6.45, 7) is 2.43. The topological polar surface area (TPSA) is 20.3 Å². The summed E-state index contributed by atoms with van der Waals surface area (Å²) in [7, 11) is 0. The maximum Gasteiger partial charge on any atom is 0.150 e. The number of benzene rings is 2. The Bertz CT molecular complexity index is 656. The minimum absolute atomic E-state index is 0.740. The summed E-state index contributed by atoms with van der Waals surface area (Å²) in [5.41, 5.74) is 7.78. The van der Waals surface area contributed by atoms with Gasteiger partial charge in [-0.3, -0.25) is 4.79 Å². The molecule has 2 aliphatic rings. The fraction of sp³-hybridized carbons (Fsp3) is 0.316. The molecule has 0 bridgehead atoms. The summed E-state index contributed by atoms with van der Waals surface area (Å²) >= 11 is 0. The van der Waals surface area contributed by atoms with Crippen molar-refractivity contribution in [3.05, 3.63) is 53.1 Å². The molecule has 21 heavy (non-hydrogen) atoms. The van der Waals surface area contributed by atoms with Gasteiger partial charge in [-0.05, 0) is 60.1 Å². The van der Waals surface area contributed by atoms with Crippen molar-refractivity contribution in [2.24, 2.45) is 0 Å². The number of nitrogens with zero attached hydrogens (tertiary/aromatic N) is 1. The van der Waals surface area contributed by atoms with E-state index in [9.17, 15) is 4.79 Å². The highest BCUT2D eigenvalue weighted by atomic mass is 16.1. The SMILES string of the molecule is O=Cc1ccc(-c2cc3c4c(c2)CCCN4CCC3)cc1. The molecule has 0 saturated carbocycles. The van der Waals surface area contributed by atoms with E-state index in [1.54, 1.807) is 0 Å². The highest BCUT2D eigenvalue weighted by molar-refractivity contribution is 5.78. The Labute approximate surface area is 125 Å². The normalized spacial score (nSPS) is 16.5. The van der Waals surface area contributed by atoms with Gasteiger partial charge >= 0.3 is 0 Å². The second-order valence-electron chi connectivity index (χ2n) is 6.08. The summed E-state index contributed by atoms with van der Waals surface area (Å²) in [6, 6.07) is 12.6. The smallest absolute Gasteiger partial charge is 0.150 e. The van der Waals surface area contributed by atoms with Crippen molar-refractivity contribution in [1.29, 1.82) is 0 Å². The molecule has 106 valence electrons. The number of hydrogen-bond acceptors (Lipinski definition) is 2. The van der Waals surface area contributed by atoms with Crippen molar-refractivity contribution >= 4 is 12.0 Å². The Morgan fingerprint density at radius 3 is 2.05 bits per heavy atom. The van der Waals surface area contributed by atoms with Crippen molar-refractivity contribution in [1.82, 2.24) is 0 Å². The summed E-state index contributed by atoms with van der Waals surface area (Å²) in [5, 5.41) is 0. The maximum atomic E-state index is 10.8. The van der Waals surface area contributed by atoms with Crippen LogP contribution in [0.1, 0.15) is 34.3 Å². The van der Waals surface area contributed by atoms with E-state index in [1.165, 1.54) is 66.7 Å². The molecule has 0 N–H and O–H groups in total. The minimum atomic E-state index is 0.740. The number of hydrogen-bond donors (Lipinski definition) is 0. The van der Waals surface area contributed by atoms with Crippen LogP contribution in [0, 0.1) is 0 Å². The average Bonchev–Trinajstić information content (AvgIpc) is 2.55. The molecule has 0 radical (unpaired) electrons. The summed E-state index contributed by atoms with van der Waals surface area (Å²) in [6.07, 6.45) is 5.82. The molecule has 4 rings (SSSR count). The molecule has 2 heteroatoms. The first-order chi connectivity index (χ1) is 10.3. The van der Waals surface area contributed by atoms with Crippen LogP contribution in [0.25, 0.3) is 11.1 Å². The van der Waals surface area contributed by atoms with Crippen LogP contribution in [0.15, 0.2) is 36.4 Å². The summed E-state index contributed by atoms with van der Waals surface area (Å²) in [4.78, 5) is 13.4. The molecule has 0 spiro atoms. The Kier molecular flexibility index (Phi) is 3.03. The van der Waals surface area contributed by atoms with E-state index in [-0.39, 0.29) is 0 Å². The van der Waals surface area contributed by atoms with Gasteiger partial charge in [-0.25, -0.2) is 0 Å². The molecule has 2 nitrogen and oxygen atoms in total. The zero-order valence-electron chi connectivity index (χ0n) is 12.1. The van der Waals surface area contributed by atoms with E-state index in [0.29, 0.717) is 0 Å². The third-order valence-electron chi connectivity index (χ3n) is 4.71. The van der Waals surface area contributed by atoms with Crippen LogP contribution >= 0.6 is 0 Å². The van der Waals surface area contributed by atoms with Gasteiger partial charge in [0, 0.05) is 24.3 Å². The molecule has 2 aromatic rings. The summed E-state index contributed by atoms with van der Waals surface area (Å²) < 4.78 is 0. The van der Waals surface area contributed by atoms with Crippen LogP contribution in [0.5, 0.6) is 0 Å². The third-order valence-corrected chi connectivity index (χ3v) is 4.71. The van der Waals surface area contributed by atoms with Crippen LogP contribution < -0.4 is 4.90 Å². The molecular formula is C19H19NO. The molecule has 0 aliphatic carbocycles. The molecule has 0 aromatic heterocycles. The number of aldehydes is 1. The number of aryl methyl sites for hydroxylation is 2. The predicted molar refractivity (Wildman–Crippen MR) is 86.1 cm³/mol. The number of anilines is 1. The van der Waals surface area contributed by atoms with E-state index < -0.39 is 0 Å². The lowest BCUT2D eigenvalue weighted by molar-refractivity contribution is 0.112. The van der Waals surface area contributed by atoms with Crippen LogP contribution in [-0.2, 0) is 12.8 Å². The first-order valence-corrected chi connectivity index (χ1v) is 7.81. The van der Waals surface area contributed by atoms with Gasteiger partial charge in [0.2, 0.25) is 0 Å². The summed E-state index contributed by atoms with van der Waals surface area (Å²) in [5.74, 6) is 0. The van der Waals surface area contributed by atoms with Gasteiger partial charge in [0.05, 0.1) is 0 Å². The lowest BCUT2D eigenvalue weighted by Gasteiger charge is -2.37. The zero-order valence-corrected chi connectivity index (χ0v) is 12.1. The van der Waals surface area contributed by atoms with Crippen molar-refractivity contribution in [3.8, 4) is 11.1 Å². The second-order valence-corrected chi connectivity index (χ2v) is 6.08. The highest BCUT2D eigenvalue weighted by Gasteiger charge is 2.24. The average molecular weight is 277 g/mol. The monoisotopic (exact) mass is 277 g/mol. The standard InChI is InChI=1S/C19H19NO/c21-13-14-5-7-15(8-6-14)18-11-16-3-1-9-20-10-2-4-17(12-18)19(16)20/h5-8,11-13H,1-4,9-10H2. The molecule has 0 amide bonds. The zero-order chi connectivity index (χ0) is 14.2. The van der Waals surface area contributed by atoms with Gasteiger partial charge in [-0.15, -0.1) is 0 Å². The first kappa shape index (κ1) is 12.6. The fourth-order valence-electron chi connectivity index (χ4n) is 3.72. The Morgan fingerprint density at radius 1 is 0.857 bits per heavy atom. The quantitative estimate of drug-likeness (QED) is 0.777. The highest BCUT2D eigenvalue weighted by Crippen LogP contribution is 2.38. The van der Waals surface area contributed by atoms with E-state index in [4.69, 9.17) is 0 Å². The van der Waals surface area contributed by atoms with E-state index in [2.05, 4.69) is 29.2 Å². The lowest BCUT2D eigenvalue weighted by atomic mass is 9.88. The fourth-order valence-corrected chi connectivity index (χ4v) is 3.72. The number of carbonyl (C=O) groups excluding carboxylic acids is 1. The molecule has 0 saturated heterocycles. The third kappa shape index (κ3) is 2.15. The van der Waals surface area contributed by atoms with Gasteiger partial charge in [0.25, 0.3) is 0 Å². The van der Waals surface area contributed by atoms with Gasteiger partial charge in [0.1, 0.15) is 6.29 Å². The Balaban J connectivity index is 1.81. The van der Waals surface area contributed by atoms with Crippen LogP contribution in [0.3, 0.4) is 0 Å². The molecule has 0 unspecified atom stereocenters. The molecule has 2 aromatic carbocycles. The van der Waals surface area contributed by atoms with Gasteiger partial charge in [-0.2, -0.15) is 0 Å². The minimum Gasteiger partial charge on any atom is -0.371 e. The maximum absolute atomic E-state index is 10.8. The Morgan fingerprint density at radius 2 is 1.48 bits per heavy atom. The van der Waals surface area contributed by atoms with Crippen molar-refractivity contribution in [2.75, 3.05) is 18.0 Å². The first-order valence-electron chi connectivity index (χ1n) is 7.81. The molecule has 2 heterocycles. The van der Waals surface area contributed by atoms with Crippen LogP contribution in [0.2, 0.25) is 0 Å². The number of rotatable bonds is 2. The molecule has 2 aliphatic heterocycles. The molecular weight excluding hydrogens is 258 g/mol. The number of carbonyl (C=O) groups is 1. The lowest BCUT2D eigenvalue weighted by Crippen LogP contribution is -2.34. The molecule has 0 fully saturated rings. The Hall–Kier alpha value is -2.09. The molecule has 0 atom stereocenters. The van der Waals surface area contributed by atoms with Crippen LogP contribution in [-0.4, -0.2) is 19.4 Å². The van der Waals surface area contributed by atoms with E-state index >= 15 is 0 Å². The van der Waals surface area contributed by atoms with Crippen LogP contribution in [0.4, 0.5) is 5.69 Å². The van der Waals surface area contributed by atoms with Crippen molar-refractivity contribution in [2.45, 2.75) is 25.7 Å². The van der Waals surface area contributed by atoms with Gasteiger partial charge < -0.3 is 4.90 Å². The van der Waals surface area contributed by atoms with E-state index in [0.717, 1.165) is 11.8 Å². The van der Waals surface area contributed by atoms with Gasteiger partial charge in [0.15, 0.2) is 0 Å². The van der Waals surface area contributed by atoms with Gasteiger partial charge in [-0.1, -0.05) is 24.3 Å². The van der Waals surface area contributed by atoms with Crippen molar-refractivity contribution < 1.29 is 4.79 Å². The van der Waals surface area contributed by atoms with Crippen molar-refractivity contribution in [3.63, 3.8) is 0 Å². The predicted octanol–water partition coefficient (Wildman–Crippen LogP) is 3.86. The van der Waals surface area contributed by atoms with E-state index in [1.807, 2.05) is 12.1 Å².